The molecule has 19 heavy (non-hydrogen) atoms. The van der Waals surface area contributed by atoms with E-state index in [1.54, 1.807) is 31.0 Å². The van der Waals surface area contributed by atoms with Crippen molar-refractivity contribution in [2.45, 2.75) is 32.9 Å². The first-order chi connectivity index (χ1) is 8.82. The van der Waals surface area contributed by atoms with Gasteiger partial charge in [-0.05, 0) is 32.9 Å². The Morgan fingerprint density at radius 1 is 1.42 bits per heavy atom. The van der Waals surface area contributed by atoms with Crippen LogP contribution in [-0.4, -0.2) is 35.6 Å². The number of nitrogens with zero attached hydrogens (tertiary/aromatic N) is 1. The largest absolute Gasteiger partial charge is 0.483 e. The maximum absolute atomic E-state index is 11.9. The van der Waals surface area contributed by atoms with Crippen LogP contribution >= 0.6 is 15.9 Å². The molecule has 0 spiro atoms. The molecule has 0 aliphatic carbocycles. The molecule has 0 radical (unpaired) electrons. The molecule has 4 nitrogen and oxygen atoms in total. The van der Waals surface area contributed by atoms with Crippen molar-refractivity contribution in [3.05, 3.63) is 28.2 Å². The van der Waals surface area contributed by atoms with E-state index in [2.05, 4.69) is 15.9 Å². The van der Waals surface area contributed by atoms with Gasteiger partial charge in [0.05, 0.1) is 6.10 Å². The SMILES string of the molecule is CC(C)N(C)C(=O)COc1cc(Br)ccc1[C@H](C)O. The Balaban J connectivity index is 2.77. The summed E-state index contributed by atoms with van der Waals surface area (Å²) in [5, 5.41) is 9.67. The van der Waals surface area contributed by atoms with Gasteiger partial charge in [-0.25, -0.2) is 0 Å². The first-order valence-electron chi connectivity index (χ1n) is 6.19. The van der Waals surface area contributed by atoms with Gasteiger partial charge in [-0.1, -0.05) is 22.0 Å². The summed E-state index contributed by atoms with van der Waals surface area (Å²) in [6.07, 6.45) is -0.638. The Morgan fingerprint density at radius 3 is 2.58 bits per heavy atom. The predicted molar refractivity (Wildman–Crippen MR) is 78.2 cm³/mol. The first-order valence-corrected chi connectivity index (χ1v) is 6.98. The van der Waals surface area contributed by atoms with Crippen LogP contribution in [0.2, 0.25) is 0 Å². The minimum Gasteiger partial charge on any atom is -0.483 e. The maximum atomic E-state index is 11.9. The topological polar surface area (TPSA) is 49.8 Å². The molecule has 1 N–H and O–H groups in total. The monoisotopic (exact) mass is 329 g/mol. The number of carbonyl (C=O) groups excluding carboxylic acids is 1. The molecule has 1 rings (SSSR count). The molecule has 0 saturated carbocycles. The van der Waals surface area contributed by atoms with Crippen molar-refractivity contribution in [1.29, 1.82) is 0 Å². The maximum Gasteiger partial charge on any atom is 0.260 e. The third-order valence-electron chi connectivity index (χ3n) is 2.94. The van der Waals surface area contributed by atoms with Gasteiger partial charge in [0.15, 0.2) is 6.61 Å². The van der Waals surface area contributed by atoms with Gasteiger partial charge in [0.25, 0.3) is 5.91 Å². The number of aliphatic hydroxyl groups excluding tert-OH is 1. The van der Waals surface area contributed by atoms with Crippen molar-refractivity contribution in [3.63, 3.8) is 0 Å². The molecule has 0 aromatic heterocycles. The van der Waals surface area contributed by atoms with Crippen LogP contribution in [0.4, 0.5) is 0 Å². The average Bonchev–Trinajstić information content (AvgIpc) is 2.34. The Morgan fingerprint density at radius 2 is 2.05 bits per heavy atom. The smallest absolute Gasteiger partial charge is 0.260 e. The molecule has 1 amide bonds. The number of benzene rings is 1. The summed E-state index contributed by atoms with van der Waals surface area (Å²) in [5.41, 5.74) is 0.670. The molecule has 0 aliphatic rings. The molecule has 106 valence electrons. The Kier molecular flexibility index (Phi) is 5.82. The Hall–Kier alpha value is -1.07. The Bertz CT molecular complexity index is 446. The highest BCUT2D eigenvalue weighted by Crippen LogP contribution is 2.28. The van der Waals surface area contributed by atoms with Gasteiger partial charge in [-0.3, -0.25) is 4.79 Å². The minimum absolute atomic E-state index is 0.0369. The highest BCUT2D eigenvalue weighted by atomic mass is 79.9. The zero-order valence-electron chi connectivity index (χ0n) is 11.7. The second kappa shape index (κ2) is 6.91. The molecular formula is C14H20BrNO3. The molecule has 5 heteroatoms. The van der Waals surface area contributed by atoms with E-state index in [0.29, 0.717) is 11.3 Å². The molecule has 0 unspecified atom stereocenters. The molecule has 0 heterocycles. The fourth-order valence-corrected chi connectivity index (χ4v) is 1.85. The van der Waals surface area contributed by atoms with Gasteiger partial charge in [-0.2, -0.15) is 0 Å². The van der Waals surface area contributed by atoms with Gasteiger partial charge >= 0.3 is 0 Å². The van der Waals surface area contributed by atoms with E-state index >= 15 is 0 Å². The summed E-state index contributed by atoms with van der Waals surface area (Å²) >= 11 is 3.35. The van der Waals surface area contributed by atoms with Crippen LogP contribution in [0.15, 0.2) is 22.7 Å². The van der Waals surface area contributed by atoms with Gasteiger partial charge < -0.3 is 14.7 Å². The first kappa shape index (κ1) is 16.0. The van der Waals surface area contributed by atoms with Crippen molar-refractivity contribution >= 4 is 21.8 Å². The van der Waals surface area contributed by atoms with Crippen molar-refractivity contribution in [3.8, 4) is 5.75 Å². The normalized spacial score (nSPS) is 12.4. The van der Waals surface area contributed by atoms with Crippen LogP contribution < -0.4 is 4.74 Å². The third kappa shape index (κ3) is 4.51. The minimum atomic E-state index is -0.638. The lowest BCUT2D eigenvalue weighted by Gasteiger charge is -2.22. The van der Waals surface area contributed by atoms with Crippen LogP contribution in [0.5, 0.6) is 5.75 Å². The summed E-state index contributed by atoms with van der Waals surface area (Å²) in [4.78, 5) is 13.5. The molecule has 0 saturated heterocycles. The summed E-state index contributed by atoms with van der Waals surface area (Å²) in [6, 6.07) is 5.50. The average molecular weight is 330 g/mol. The number of halogens is 1. The molecule has 0 fully saturated rings. The zero-order valence-corrected chi connectivity index (χ0v) is 13.3. The fourth-order valence-electron chi connectivity index (χ4n) is 1.51. The van der Waals surface area contributed by atoms with Crippen LogP contribution in [0, 0.1) is 0 Å². The van der Waals surface area contributed by atoms with Crippen molar-refractivity contribution < 1.29 is 14.6 Å². The summed E-state index contributed by atoms with van der Waals surface area (Å²) in [5.74, 6) is 0.432. The summed E-state index contributed by atoms with van der Waals surface area (Å²) in [6.45, 7) is 5.51. The number of rotatable bonds is 5. The van der Waals surface area contributed by atoms with Crippen molar-refractivity contribution in [2.75, 3.05) is 13.7 Å². The van der Waals surface area contributed by atoms with Crippen LogP contribution in [0.25, 0.3) is 0 Å². The summed E-state index contributed by atoms with van der Waals surface area (Å²) < 4.78 is 6.38. The van der Waals surface area contributed by atoms with E-state index in [9.17, 15) is 9.90 Å². The summed E-state index contributed by atoms with van der Waals surface area (Å²) in [7, 11) is 1.74. The molecule has 0 aliphatic heterocycles. The second-order valence-electron chi connectivity index (χ2n) is 4.75. The van der Waals surface area contributed by atoms with E-state index in [1.807, 2.05) is 19.9 Å². The van der Waals surface area contributed by atoms with E-state index in [1.165, 1.54) is 0 Å². The van der Waals surface area contributed by atoms with Crippen molar-refractivity contribution in [2.24, 2.45) is 0 Å². The van der Waals surface area contributed by atoms with Crippen LogP contribution in [0.1, 0.15) is 32.4 Å². The van der Waals surface area contributed by atoms with E-state index in [4.69, 9.17) is 4.74 Å². The molecule has 1 aromatic carbocycles. The van der Waals surface area contributed by atoms with Crippen molar-refractivity contribution in [1.82, 2.24) is 4.90 Å². The number of carbonyl (C=O) groups is 1. The Labute approximate surface area is 122 Å². The van der Waals surface area contributed by atoms with Gasteiger partial charge in [0.1, 0.15) is 5.75 Å². The van der Waals surface area contributed by atoms with Crippen LogP contribution in [0.3, 0.4) is 0 Å². The number of amides is 1. The highest BCUT2D eigenvalue weighted by Gasteiger charge is 2.15. The van der Waals surface area contributed by atoms with Gasteiger partial charge in [0.2, 0.25) is 0 Å². The number of hydrogen-bond donors (Lipinski definition) is 1. The highest BCUT2D eigenvalue weighted by molar-refractivity contribution is 9.10. The third-order valence-corrected chi connectivity index (χ3v) is 3.44. The standard InChI is InChI=1S/C14H20BrNO3/c1-9(2)16(4)14(18)8-19-13-7-11(15)5-6-12(13)10(3)17/h5-7,9-10,17H,8H2,1-4H3/t10-/m0/s1. The lowest BCUT2D eigenvalue weighted by molar-refractivity contribution is -0.133. The van der Waals surface area contributed by atoms with Crippen LogP contribution in [-0.2, 0) is 4.79 Å². The number of likely N-dealkylation sites (N-methyl/N-ethyl adjacent to an activating group) is 1. The van der Waals surface area contributed by atoms with E-state index in [-0.39, 0.29) is 18.6 Å². The van der Waals surface area contributed by atoms with Gasteiger partial charge in [0, 0.05) is 23.1 Å². The molecule has 1 aromatic rings. The lowest BCUT2D eigenvalue weighted by atomic mass is 10.1. The van der Waals surface area contributed by atoms with E-state index < -0.39 is 6.10 Å². The number of aliphatic hydroxyl groups is 1. The molecule has 0 bridgehead atoms. The predicted octanol–water partition coefficient (Wildman–Crippen LogP) is 2.75. The number of ether oxygens (including phenoxy) is 1. The van der Waals surface area contributed by atoms with Gasteiger partial charge in [-0.15, -0.1) is 0 Å². The second-order valence-corrected chi connectivity index (χ2v) is 5.66. The van der Waals surface area contributed by atoms with E-state index in [0.717, 1.165) is 4.47 Å². The molecular weight excluding hydrogens is 310 g/mol. The fraction of sp³-hybridized carbons (Fsp3) is 0.500. The lowest BCUT2D eigenvalue weighted by Crippen LogP contribution is -2.36. The number of hydrogen-bond acceptors (Lipinski definition) is 3. The molecule has 1 atom stereocenters. The quantitative estimate of drug-likeness (QED) is 0.903. The zero-order chi connectivity index (χ0) is 14.6.